The minimum atomic E-state index is 0.217. The second kappa shape index (κ2) is 5.31. The average molecular weight is 245 g/mol. The molecule has 0 fully saturated rings. The number of benzene rings is 2. The molecule has 0 aliphatic carbocycles. The summed E-state index contributed by atoms with van der Waals surface area (Å²) in [6.07, 6.45) is 0. The summed E-state index contributed by atoms with van der Waals surface area (Å²) in [6, 6.07) is 12.1. The molecule has 0 spiro atoms. The van der Waals surface area contributed by atoms with Crippen LogP contribution in [-0.2, 0) is 6.61 Å². The van der Waals surface area contributed by atoms with Gasteiger partial charge in [0.15, 0.2) is 0 Å². The second-order valence-electron chi connectivity index (χ2n) is 3.86. The third-order valence-electron chi connectivity index (χ3n) is 2.53. The van der Waals surface area contributed by atoms with Crippen LogP contribution >= 0.6 is 0 Å². The Bertz CT molecular complexity index is 540. The predicted molar refractivity (Wildman–Crippen MR) is 69.8 cm³/mol. The van der Waals surface area contributed by atoms with Gasteiger partial charge in [0, 0.05) is 6.07 Å². The van der Waals surface area contributed by atoms with Crippen LogP contribution < -0.4 is 15.2 Å². The highest BCUT2D eigenvalue weighted by atomic mass is 16.5. The molecule has 0 bridgehead atoms. The fourth-order valence-corrected chi connectivity index (χ4v) is 1.57. The molecule has 0 atom stereocenters. The summed E-state index contributed by atoms with van der Waals surface area (Å²) >= 11 is 0. The van der Waals surface area contributed by atoms with E-state index in [-0.39, 0.29) is 5.75 Å². The molecule has 0 amide bonds. The number of hydrogen-bond donors (Lipinski definition) is 2. The Morgan fingerprint density at radius 1 is 1.17 bits per heavy atom. The highest BCUT2D eigenvalue weighted by molar-refractivity contribution is 5.55. The molecule has 18 heavy (non-hydrogen) atoms. The normalized spacial score (nSPS) is 10.1. The standard InChI is InChI=1S/C14H15NO3/c1-17-12-5-6-13(15)14(8-12)18-9-10-3-2-4-11(16)7-10/h2-8,16H,9,15H2,1H3. The molecule has 0 unspecified atom stereocenters. The zero-order valence-corrected chi connectivity index (χ0v) is 10.1. The van der Waals surface area contributed by atoms with Gasteiger partial charge in [-0.25, -0.2) is 0 Å². The van der Waals surface area contributed by atoms with Crippen molar-refractivity contribution in [2.75, 3.05) is 12.8 Å². The molecule has 94 valence electrons. The Labute approximate surface area is 106 Å². The summed E-state index contributed by atoms with van der Waals surface area (Å²) in [4.78, 5) is 0. The third kappa shape index (κ3) is 2.85. The number of nitrogens with two attached hydrogens (primary N) is 1. The Kier molecular flexibility index (Phi) is 3.57. The van der Waals surface area contributed by atoms with Gasteiger partial charge >= 0.3 is 0 Å². The maximum absolute atomic E-state index is 9.35. The van der Waals surface area contributed by atoms with Gasteiger partial charge in [-0.05, 0) is 29.8 Å². The first-order valence-corrected chi connectivity index (χ1v) is 5.53. The monoisotopic (exact) mass is 245 g/mol. The number of methoxy groups -OCH3 is 1. The van der Waals surface area contributed by atoms with E-state index in [0.29, 0.717) is 23.8 Å². The van der Waals surface area contributed by atoms with E-state index in [0.717, 1.165) is 5.56 Å². The molecule has 2 aromatic carbocycles. The van der Waals surface area contributed by atoms with Crippen molar-refractivity contribution in [3.8, 4) is 17.2 Å². The van der Waals surface area contributed by atoms with Crippen LogP contribution in [0.5, 0.6) is 17.2 Å². The van der Waals surface area contributed by atoms with E-state index < -0.39 is 0 Å². The van der Waals surface area contributed by atoms with E-state index in [1.165, 1.54) is 0 Å². The lowest BCUT2D eigenvalue weighted by Gasteiger charge is -2.10. The van der Waals surface area contributed by atoms with Crippen LogP contribution in [0.1, 0.15) is 5.56 Å². The number of nitrogen functional groups attached to an aromatic ring is 1. The minimum Gasteiger partial charge on any atom is -0.508 e. The van der Waals surface area contributed by atoms with Gasteiger partial charge < -0.3 is 20.3 Å². The number of rotatable bonds is 4. The maximum atomic E-state index is 9.35. The first-order chi connectivity index (χ1) is 8.69. The lowest BCUT2D eigenvalue weighted by atomic mass is 10.2. The van der Waals surface area contributed by atoms with Crippen LogP contribution in [-0.4, -0.2) is 12.2 Å². The van der Waals surface area contributed by atoms with Crippen LogP contribution in [0.4, 0.5) is 5.69 Å². The SMILES string of the molecule is COc1ccc(N)c(OCc2cccc(O)c2)c1. The molecular weight excluding hydrogens is 230 g/mol. The van der Waals surface area contributed by atoms with Gasteiger partial charge in [0.05, 0.1) is 12.8 Å². The highest BCUT2D eigenvalue weighted by Crippen LogP contribution is 2.27. The molecule has 0 aliphatic heterocycles. The largest absolute Gasteiger partial charge is 0.508 e. The highest BCUT2D eigenvalue weighted by Gasteiger charge is 2.03. The number of phenols is 1. The second-order valence-corrected chi connectivity index (χ2v) is 3.86. The predicted octanol–water partition coefficient (Wildman–Crippen LogP) is 2.56. The number of aromatic hydroxyl groups is 1. The zero-order chi connectivity index (χ0) is 13.0. The van der Waals surface area contributed by atoms with Crippen molar-refractivity contribution in [3.05, 3.63) is 48.0 Å². The average Bonchev–Trinajstić information content (AvgIpc) is 2.38. The first-order valence-electron chi connectivity index (χ1n) is 5.53. The third-order valence-corrected chi connectivity index (χ3v) is 2.53. The van der Waals surface area contributed by atoms with E-state index >= 15 is 0 Å². The molecule has 0 saturated carbocycles. The summed E-state index contributed by atoms with van der Waals surface area (Å²) in [7, 11) is 1.59. The number of ether oxygens (including phenoxy) is 2. The molecule has 0 radical (unpaired) electrons. The van der Waals surface area contributed by atoms with Crippen LogP contribution in [0.3, 0.4) is 0 Å². The quantitative estimate of drug-likeness (QED) is 0.812. The van der Waals surface area contributed by atoms with E-state index in [9.17, 15) is 5.11 Å². The number of phenolic OH excluding ortho intramolecular Hbond substituents is 1. The summed E-state index contributed by atoms with van der Waals surface area (Å²) < 4.78 is 10.7. The van der Waals surface area contributed by atoms with Crippen molar-refractivity contribution in [1.29, 1.82) is 0 Å². The van der Waals surface area contributed by atoms with Crippen molar-refractivity contribution < 1.29 is 14.6 Å². The molecule has 0 aliphatic rings. The fraction of sp³-hybridized carbons (Fsp3) is 0.143. The molecule has 0 aromatic heterocycles. The van der Waals surface area contributed by atoms with Gasteiger partial charge in [-0.15, -0.1) is 0 Å². The fourth-order valence-electron chi connectivity index (χ4n) is 1.57. The zero-order valence-electron chi connectivity index (χ0n) is 10.1. The Balaban J connectivity index is 2.10. The Morgan fingerprint density at radius 3 is 2.72 bits per heavy atom. The van der Waals surface area contributed by atoms with Crippen LogP contribution in [0.25, 0.3) is 0 Å². The van der Waals surface area contributed by atoms with Crippen molar-refractivity contribution >= 4 is 5.69 Å². The Morgan fingerprint density at radius 2 is 2.00 bits per heavy atom. The first kappa shape index (κ1) is 12.1. The smallest absolute Gasteiger partial charge is 0.146 e. The van der Waals surface area contributed by atoms with Gasteiger partial charge in [-0.3, -0.25) is 0 Å². The van der Waals surface area contributed by atoms with E-state index in [1.807, 2.05) is 6.07 Å². The van der Waals surface area contributed by atoms with Crippen LogP contribution in [0, 0.1) is 0 Å². The van der Waals surface area contributed by atoms with Crippen molar-refractivity contribution in [1.82, 2.24) is 0 Å². The lowest BCUT2D eigenvalue weighted by molar-refractivity contribution is 0.304. The molecule has 0 heterocycles. The van der Waals surface area contributed by atoms with Gasteiger partial charge in [0.2, 0.25) is 0 Å². The number of hydrogen-bond acceptors (Lipinski definition) is 4. The topological polar surface area (TPSA) is 64.7 Å². The lowest BCUT2D eigenvalue weighted by Crippen LogP contribution is -1.99. The van der Waals surface area contributed by atoms with Crippen LogP contribution in [0.2, 0.25) is 0 Å². The summed E-state index contributed by atoms with van der Waals surface area (Å²) in [5.41, 5.74) is 7.23. The van der Waals surface area contributed by atoms with Crippen molar-refractivity contribution in [2.24, 2.45) is 0 Å². The molecule has 4 heteroatoms. The van der Waals surface area contributed by atoms with Gasteiger partial charge in [0.1, 0.15) is 23.9 Å². The van der Waals surface area contributed by atoms with Crippen LogP contribution in [0.15, 0.2) is 42.5 Å². The van der Waals surface area contributed by atoms with E-state index in [4.69, 9.17) is 15.2 Å². The molecule has 0 saturated heterocycles. The van der Waals surface area contributed by atoms with Crippen molar-refractivity contribution in [2.45, 2.75) is 6.61 Å². The molecule has 2 rings (SSSR count). The maximum Gasteiger partial charge on any atom is 0.146 e. The van der Waals surface area contributed by atoms with Gasteiger partial charge in [0.25, 0.3) is 0 Å². The van der Waals surface area contributed by atoms with Crippen molar-refractivity contribution in [3.63, 3.8) is 0 Å². The van der Waals surface area contributed by atoms with Gasteiger partial charge in [-0.1, -0.05) is 12.1 Å². The van der Waals surface area contributed by atoms with Gasteiger partial charge in [-0.2, -0.15) is 0 Å². The Hall–Kier alpha value is -2.36. The number of anilines is 1. The molecular formula is C14H15NO3. The van der Waals surface area contributed by atoms with E-state index in [2.05, 4.69) is 0 Å². The minimum absolute atomic E-state index is 0.217. The molecule has 3 N–H and O–H groups in total. The molecule has 2 aromatic rings. The summed E-state index contributed by atoms with van der Waals surface area (Å²) in [5, 5.41) is 9.35. The van der Waals surface area contributed by atoms with E-state index in [1.54, 1.807) is 43.5 Å². The molecule has 4 nitrogen and oxygen atoms in total. The summed E-state index contributed by atoms with van der Waals surface area (Å²) in [6.45, 7) is 0.339. The summed E-state index contributed by atoms with van der Waals surface area (Å²) in [5.74, 6) is 1.47.